The van der Waals surface area contributed by atoms with Gasteiger partial charge < -0.3 is 4.42 Å². The molecule has 2 aromatic rings. The molecule has 8 nitrogen and oxygen atoms in total. The lowest BCUT2D eigenvalue weighted by atomic mass is 10.2. The van der Waals surface area contributed by atoms with Gasteiger partial charge in [-0.3, -0.25) is 10.9 Å². The van der Waals surface area contributed by atoms with Crippen LogP contribution < -0.4 is 21.8 Å². The Labute approximate surface area is 132 Å². The van der Waals surface area contributed by atoms with Crippen LogP contribution in [0.3, 0.4) is 0 Å². The largest absolute Gasteiger partial charge is 0.455 e. The van der Waals surface area contributed by atoms with Crippen LogP contribution in [0.15, 0.2) is 50.8 Å². The fourth-order valence-electron chi connectivity index (χ4n) is 1.57. The molecule has 0 aliphatic rings. The van der Waals surface area contributed by atoms with E-state index in [1.165, 1.54) is 18.3 Å². The van der Waals surface area contributed by atoms with Crippen LogP contribution >= 0.6 is 12.2 Å². The summed E-state index contributed by atoms with van der Waals surface area (Å²) in [5.74, 6) is 6.11. The molecule has 0 atom stereocenters. The Morgan fingerprint density at radius 1 is 1.23 bits per heavy atom. The molecule has 6 N–H and O–H groups in total. The van der Waals surface area contributed by atoms with Gasteiger partial charge in [-0.25, -0.2) is 19.4 Å². The molecule has 0 fully saturated rings. The molecular weight excluding hydrogens is 326 g/mol. The summed E-state index contributed by atoms with van der Waals surface area (Å²) in [7, 11) is -3.71. The molecular formula is C12H13N5O3S2. The van der Waals surface area contributed by atoms with Gasteiger partial charge in [0.2, 0.25) is 15.1 Å². The molecule has 22 heavy (non-hydrogen) atoms. The topological polar surface area (TPSA) is 136 Å². The summed E-state index contributed by atoms with van der Waals surface area (Å²) in [6, 6.07) is 9.46. The van der Waals surface area contributed by atoms with Crippen molar-refractivity contribution in [2.75, 3.05) is 0 Å². The first kappa shape index (κ1) is 16.1. The molecule has 0 aliphatic carbocycles. The van der Waals surface area contributed by atoms with Crippen LogP contribution in [-0.2, 0) is 10.0 Å². The Morgan fingerprint density at radius 3 is 2.50 bits per heavy atom. The van der Waals surface area contributed by atoms with Crippen molar-refractivity contribution in [3.8, 4) is 11.3 Å². The normalized spacial score (nSPS) is 11.5. The average molecular weight is 339 g/mol. The van der Waals surface area contributed by atoms with Gasteiger partial charge in [0.25, 0.3) is 0 Å². The zero-order valence-corrected chi connectivity index (χ0v) is 12.8. The van der Waals surface area contributed by atoms with Gasteiger partial charge in [0.05, 0.1) is 11.1 Å². The van der Waals surface area contributed by atoms with Gasteiger partial charge in [0, 0.05) is 5.56 Å². The van der Waals surface area contributed by atoms with E-state index in [4.69, 9.17) is 27.6 Å². The number of nitrogens with two attached hydrogens (primary N) is 2. The van der Waals surface area contributed by atoms with Gasteiger partial charge in [-0.1, -0.05) is 0 Å². The Bertz CT molecular complexity index is 796. The highest BCUT2D eigenvalue weighted by atomic mass is 32.2. The number of nitrogens with zero attached hydrogens (tertiary/aromatic N) is 1. The summed E-state index contributed by atoms with van der Waals surface area (Å²) in [6.45, 7) is 0. The number of rotatable bonds is 4. The monoisotopic (exact) mass is 339 g/mol. The van der Waals surface area contributed by atoms with Crippen LogP contribution in [0, 0.1) is 0 Å². The summed E-state index contributed by atoms with van der Waals surface area (Å²) in [5, 5.41) is 9.03. The van der Waals surface area contributed by atoms with Crippen LogP contribution in [0.4, 0.5) is 0 Å². The fourth-order valence-corrected chi connectivity index (χ4v) is 2.14. The number of hydrogen-bond acceptors (Lipinski definition) is 6. The molecule has 1 aromatic carbocycles. The molecule has 2 rings (SSSR count). The van der Waals surface area contributed by atoms with Gasteiger partial charge >= 0.3 is 0 Å². The van der Waals surface area contributed by atoms with E-state index in [2.05, 4.69) is 16.0 Å². The molecule has 0 saturated heterocycles. The second-order valence-corrected chi connectivity index (χ2v) is 6.08. The van der Waals surface area contributed by atoms with Crippen molar-refractivity contribution in [3.05, 3.63) is 42.2 Å². The van der Waals surface area contributed by atoms with Gasteiger partial charge in [-0.15, -0.1) is 0 Å². The molecule has 0 aliphatic heterocycles. The number of hydrazone groups is 1. The van der Waals surface area contributed by atoms with Crippen molar-refractivity contribution in [2.45, 2.75) is 4.90 Å². The van der Waals surface area contributed by atoms with E-state index in [1.54, 1.807) is 24.3 Å². The van der Waals surface area contributed by atoms with Gasteiger partial charge in [-0.05, 0) is 48.6 Å². The predicted octanol–water partition coefficient (Wildman–Crippen LogP) is 0.266. The Kier molecular flexibility index (Phi) is 4.88. The van der Waals surface area contributed by atoms with E-state index in [1.807, 2.05) is 0 Å². The van der Waals surface area contributed by atoms with E-state index < -0.39 is 10.0 Å². The number of hydrogen-bond donors (Lipinski definition) is 4. The number of hydrazine groups is 1. The van der Waals surface area contributed by atoms with Gasteiger partial charge in [0.1, 0.15) is 11.5 Å². The van der Waals surface area contributed by atoms with Crippen molar-refractivity contribution in [2.24, 2.45) is 16.1 Å². The first-order valence-electron chi connectivity index (χ1n) is 5.93. The van der Waals surface area contributed by atoms with Crippen LogP contribution in [0.25, 0.3) is 11.3 Å². The van der Waals surface area contributed by atoms with E-state index in [0.717, 1.165) is 0 Å². The fraction of sp³-hybridized carbons (Fsp3) is 0. The van der Waals surface area contributed by atoms with Crippen LogP contribution in [0.2, 0.25) is 0 Å². The second-order valence-electron chi connectivity index (χ2n) is 4.11. The summed E-state index contributed by atoms with van der Waals surface area (Å²) in [4.78, 5) is 0.0385. The maximum absolute atomic E-state index is 11.2. The average Bonchev–Trinajstić information content (AvgIpc) is 2.95. The molecule has 0 bridgehead atoms. The molecule has 1 aromatic heterocycles. The van der Waals surface area contributed by atoms with Crippen LogP contribution in [0.5, 0.6) is 0 Å². The molecule has 0 amide bonds. The third-order valence-electron chi connectivity index (χ3n) is 2.58. The van der Waals surface area contributed by atoms with E-state index in [-0.39, 0.29) is 10.0 Å². The minimum absolute atomic E-state index is 0.0385. The number of furan rings is 1. The third-order valence-corrected chi connectivity index (χ3v) is 3.72. The lowest BCUT2D eigenvalue weighted by molar-refractivity contribution is 0.574. The number of thiocarbonyl (C=S) groups is 1. The maximum Gasteiger partial charge on any atom is 0.238 e. The lowest BCUT2D eigenvalue weighted by Gasteiger charge is -2.00. The quantitative estimate of drug-likeness (QED) is 0.271. The highest BCUT2D eigenvalue weighted by molar-refractivity contribution is 7.89. The molecule has 1 heterocycles. The molecule has 0 radical (unpaired) electrons. The summed E-state index contributed by atoms with van der Waals surface area (Å²) in [6.07, 6.45) is 1.42. The molecule has 0 unspecified atom stereocenters. The lowest BCUT2D eigenvalue weighted by Crippen LogP contribution is -2.37. The zero-order valence-electron chi connectivity index (χ0n) is 11.2. The number of benzene rings is 1. The van der Waals surface area contributed by atoms with Crippen molar-refractivity contribution < 1.29 is 12.8 Å². The molecule has 116 valence electrons. The molecule has 10 heteroatoms. The predicted molar refractivity (Wildman–Crippen MR) is 86.2 cm³/mol. The van der Waals surface area contributed by atoms with Crippen molar-refractivity contribution in [1.29, 1.82) is 0 Å². The van der Waals surface area contributed by atoms with Crippen molar-refractivity contribution >= 4 is 33.6 Å². The standard InChI is InChI=1S/C12H13N5O3S2/c13-16-12(21)17-15-7-9-3-6-11(20-9)8-1-4-10(5-2-8)22(14,18)19/h1-7H,13H2,(H2,14,18,19)(H2,16,17,21)/b15-7+. The number of nitrogens with one attached hydrogen (secondary N) is 2. The first-order chi connectivity index (χ1) is 10.4. The highest BCUT2D eigenvalue weighted by Crippen LogP contribution is 2.22. The summed E-state index contributed by atoms with van der Waals surface area (Å²) >= 11 is 4.74. The maximum atomic E-state index is 11.2. The third kappa shape index (κ3) is 4.11. The van der Waals surface area contributed by atoms with Gasteiger partial charge in [0.15, 0.2) is 0 Å². The minimum Gasteiger partial charge on any atom is -0.455 e. The van der Waals surface area contributed by atoms with Crippen LogP contribution in [0.1, 0.15) is 5.76 Å². The number of sulfonamides is 1. The van der Waals surface area contributed by atoms with E-state index in [0.29, 0.717) is 17.1 Å². The Hall–Kier alpha value is -2.27. The SMILES string of the molecule is NNC(=S)N/N=C/c1ccc(-c2ccc(S(N)(=O)=O)cc2)o1. The smallest absolute Gasteiger partial charge is 0.238 e. The summed E-state index contributed by atoms with van der Waals surface area (Å²) in [5.41, 5.74) is 5.40. The number of primary sulfonamides is 1. The Balaban J connectivity index is 2.13. The molecule has 0 spiro atoms. The second kappa shape index (κ2) is 6.66. The van der Waals surface area contributed by atoms with E-state index in [9.17, 15) is 8.42 Å². The van der Waals surface area contributed by atoms with Crippen molar-refractivity contribution in [3.63, 3.8) is 0 Å². The highest BCUT2D eigenvalue weighted by Gasteiger charge is 2.09. The van der Waals surface area contributed by atoms with Crippen molar-refractivity contribution in [1.82, 2.24) is 10.9 Å². The Morgan fingerprint density at radius 2 is 1.91 bits per heavy atom. The minimum atomic E-state index is -3.71. The van der Waals surface area contributed by atoms with E-state index >= 15 is 0 Å². The van der Waals surface area contributed by atoms with Crippen LogP contribution in [-0.4, -0.2) is 19.7 Å². The van der Waals surface area contributed by atoms with Gasteiger partial charge in [-0.2, -0.15) is 5.10 Å². The molecule has 0 saturated carbocycles. The zero-order chi connectivity index (χ0) is 16.2. The first-order valence-corrected chi connectivity index (χ1v) is 7.88. The summed E-state index contributed by atoms with van der Waals surface area (Å²) < 4.78 is 27.9.